The molecule has 5 rings (SSSR count). The predicted molar refractivity (Wildman–Crippen MR) is 111 cm³/mol. The zero-order valence-corrected chi connectivity index (χ0v) is 16.6. The molecule has 6 nitrogen and oxygen atoms in total. The topological polar surface area (TPSA) is 73.2 Å². The van der Waals surface area contributed by atoms with Crippen LogP contribution in [0, 0.1) is 0 Å². The Hall–Kier alpha value is -2.68. The van der Waals surface area contributed by atoms with Crippen molar-refractivity contribution in [2.45, 2.75) is 12.5 Å². The fourth-order valence-electron chi connectivity index (χ4n) is 3.18. The lowest BCUT2D eigenvalue weighted by Crippen LogP contribution is -2.40. The number of hydrogen-bond acceptors (Lipinski definition) is 6. The van der Waals surface area contributed by atoms with Crippen molar-refractivity contribution < 1.29 is 9.53 Å². The van der Waals surface area contributed by atoms with E-state index in [1.54, 1.807) is 29.5 Å². The summed E-state index contributed by atoms with van der Waals surface area (Å²) in [4.78, 5) is 31.6. The van der Waals surface area contributed by atoms with Crippen LogP contribution in [0.5, 0.6) is 5.75 Å². The van der Waals surface area contributed by atoms with Gasteiger partial charge in [-0.05, 0) is 35.2 Å². The lowest BCUT2D eigenvalue weighted by molar-refractivity contribution is -0.123. The number of nitrogens with one attached hydrogen (secondary N) is 1. The zero-order valence-electron chi connectivity index (χ0n) is 14.2. The largest absolute Gasteiger partial charge is 0.480 e. The normalized spacial score (nSPS) is 15.4. The number of fused-ring (bicyclic) bond motifs is 2. The van der Waals surface area contributed by atoms with Crippen LogP contribution in [0.25, 0.3) is 20.7 Å². The van der Waals surface area contributed by atoms with Crippen LogP contribution in [0.2, 0.25) is 5.02 Å². The van der Waals surface area contributed by atoms with Crippen molar-refractivity contribution in [1.29, 1.82) is 0 Å². The summed E-state index contributed by atoms with van der Waals surface area (Å²) in [5.74, 6) is 0.215. The maximum absolute atomic E-state index is 13.0. The van der Waals surface area contributed by atoms with Crippen molar-refractivity contribution in [1.82, 2.24) is 9.66 Å². The van der Waals surface area contributed by atoms with Crippen molar-refractivity contribution in [2.24, 2.45) is 0 Å². The highest BCUT2D eigenvalue weighted by atomic mass is 35.5. The fourth-order valence-corrected chi connectivity index (χ4v) is 5.09. The average molecular weight is 430 g/mol. The summed E-state index contributed by atoms with van der Waals surface area (Å²) in [6.07, 6.45) is 0.997. The van der Waals surface area contributed by atoms with E-state index in [4.69, 9.17) is 16.3 Å². The molecule has 0 unspecified atom stereocenters. The van der Waals surface area contributed by atoms with Crippen molar-refractivity contribution in [2.75, 3.05) is 5.43 Å². The highest BCUT2D eigenvalue weighted by Crippen LogP contribution is 2.33. The molecule has 0 aliphatic carbocycles. The first-order valence-electron chi connectivity index (χ1n) is 8.39. The molecule has 1 aliphatic heterocycles. The standard InChI is InChI=1S/C19H12ClN3O3S2/c20-11-3-4-13-10(6-11)7-14(26-13)17(24)22-23-9-21-18-16(19(23)25)12(8-28-18)15-2-1-5-27-15/h1-6,8-9,14H,7H2,(H,22,24)/t14-/m1/s1. The minimum absolute atomic E-state index is 0.318. The van der Waals surface area contributed by atoms with Crippen LogP contribution < -0.4 is 15.7 Å². The number of aromatic nitrogens is 2. The first-order valence-corrected chi connectivity index (χ1v) is 10.5. The summed E-state index contributed by atoms with van der Waals surface area (Å²) < 4.78 is 6.81. The van der Waals surface area contributed by atoms with Gasteiger partial charge in [0.15, 0.2) is 6.10 Å². The molecule has 0 bridgehead atoms. The van der Waals surface area contributed by atoms with E-state index in [1.165, 1.54) is 17.7 Å². The Morgan fingerprint density at radius 2 is 2.21 bits per heavy atom. The third-order valence-electron chi connectivity index (χ3n) is 4.50. The minimum atomic E-state index is -0.727. The Morgan fingerprint density at radius 1 is 1.32 bits per heavy atom. The van der Waals surface area contributed by atoms with Crippen LogP contribution in [-0.4, -0.2) is 21.7 Å². The molecular weight excluding hydrogens is 418 g/mol. The first-order chi connectivity index (χ1) is 13.6. The highest BCUT2D eigenvalue weighted by molar-refractivity contribution is 7.18. The monoisotopic (exact) mass is 429 g/mol. The van der Waals surface area contributed by atoms with Gasteiger partial charge in [-0.1, -0.05) is 17.7 Å². The summed E-state index contributed by atoms with van der Waals surface area (Å²) >= 11 is 8.95. The molecule has 1 amide bonds. The van der Waals surface area contributed by atoms with E-state index in [2.05, 4.69) is 10.4 Å². The number of nitrogens with zero attached hydrogens (tertiary/aromatic N) is 2. The van der Waals surface area contributed by atoms with Crippen LogP contribution >= 0.6 is 34.3 Å². The molecule has 3 aromatic heterocycles. The average Bonchev–Trinajstić information content (AvgIpc) is 3.42. The van der Waals surface area contributed by atoms with Crippen molar-refractivity contribution >= 4 is 50.4 Å². The molecule has 4 aromatic rings. The van der Waals surface area contributed by atoms with E-state index in [9.17, 15) is 9.59 Å². The Labute approximate surface area is 172 Å². The number of carbonyl (C=O) groups is 1. The Bertz CT molecular complexity index is 1260. The van der Waals surface area contributed by atoms with E-state index in [0.717, 1.165) is 20.7 Å². The summed E-state index contributed by atoms with van der Waals surface area (Å²) in [5.41, 5.74) is 3.99. The van der Waals surface area contributed by atoms with Gasteiger partial charge in [0.2, 0.25) is 0 Å². The van der Waals surface area contributed by atoms with Gasteiger partial charge < -0.3 is 4.74 Å². The molecule has 9 heteroatoms. The van der Waals surface area contributed by atoms with Crippen molar-refractivity contribution in [3.63, 3.8) is 0 Å². The minimum Gasteiger partial charge on any atom is -0.480 e. The van der Waals surface area contributed by atoms with E-state index >= 15 is 0 Å². The molecule has 140 valence electrons. The van der Waals surface area contributed by atoms with Crippen LogP contribution in [0.1, 0.15) is 5.56 Å². The van der Waals surface area contributed by atoms with Gasteiger partial charge in [-0.3, -0.25) is 15.0 Å². The summed E-state index contributed by atoms with van der Waals surface area (Å²) in [6, 6.07) is 9.12. The summed E-state index contributed by atoms with van der Waals surface area (Å²) in [6.45, 7) is 0. The maximum Gasteiger partial charge on any atom is 0.281 e. The molecule has 1 atom stereocenters. The molecule has 0 fully saturated rings. The summed E-state index contributed by atoms with van der Waals surface area (Å²) in [5, 5.41) is 4.96. The predicted octanol–water partition coefficient (Wildman–Crippen LogP) is 3.91. The molecular formula is C19H12ClN3O3S2. The second-order valence-electron chi connectivity index (χ2n) is 6.27. The number of amides is 1. The molecule has 1 N–H and O–H groups in total. The number of benzene rings is 1. The smallest absolute Gasteiger partial charge is 0.281 e. The SMILES string of the molecule is O=C(Nn1cnc2scc(-c3cccs3)c2c1=O)[C@H]1Cc2cc(Cl)ccc2O1. The molecule has 0 spiro atoms. The van der Waals surface area contributed by atoms with Gasteiger partial charge in [0, 0.05) is 27.3 Å². The molecule has 1 aliphatic rings. The lowest BCUT2D eigenvalue weighted by Gasteiger charge is -2.12. The summed E-state index contributed by atoms with van der Waals surface area (Å²) in [7, 11) is 0. The molecule has 4 heterocycles. The Morgan fingerprint density at radius 3 is 3.04 bits per heavy atom. The van der Waals surface area contributed by atoms with Crippen molar-refractivity contribution in [3.8, 4) is 16.2 Å². The zero-order chi connectivity index (χ0) is 19.3. The molecule has 1 aromatic carbocycles. The van der Waals surface area contributed by atoms with Gasteiger partial charge >= 0.3 is 0 Å². The quantitative estimate of drug-likeness (QED) is 0.535. The lowest BCUT2D eigenvalue weighted by atomic mass is 10.1. The molecule has 28 heavy (non-hydrogen) atoms. The highest BCUT2D eigenvalue weighted by Gasteiger charge is 2.30. The maximum atomic E-state index is 13.0. The van der Waals surface area contributed by atoms with Crippen LogP contribution in [0.15, 0.2) is 52.2 Å². The molecule has 0 saturated carbocycles. The van der Waals surface area contributed by atoms with E-state index in [-0.39, 0.29) is 5.56 Å². The van der Waals surface area contributed by atoms with E-state index < -0.39 is 12.0 Å². The second kappa shape index (κ2) is 6.73. The van der Waals surface area contributed by atoms with Gasteiger partial charge in [0.1, 0.15) is 16.9 Å². The van der Waals surface area contributed by atoms with Crippen LogP contribution in [0.4, 0.5) is 0 Å². The molecule has 0 saturated heterocycles. The third-order valence-corrected chi connectivity index (χ3v) is 6.53. The third kappa shape index (κ3) is 2.90. The Kier molecular flexibility index (Phi) is 4.19. The van der Waals surface area contributed by atoms with Crippen molar-refractivity contribution in [3.05, 3.63) is 68.4 Å². The fraction of sp³-hybridized carbons (Fsp3) is 0.105. The van der Waals surface area contributed by atoms with Gasteiger partial charge in [-0.25, -0.2) is 9.66 Å². The number of hydrogen-bond donors (Lipinski definition) is 1. The van der Waals surface area contributed by atoms with Crippen LogP contribution in [0.3, 0.4) is 0 Å². The van der Waals surface area contributed by atoms with Gasteiger partial charge in [-0.2, -0.15) is 0 Å². The number of thiophene rings is 2. The second-order valence-corrected chi connectivity index (χ2v) is 8.51. The number of carbonyl (C=O) groups excluding carboxylic acids is 1. The number of ether oxygens (including phenoxy) is 1. The number of rotatable bonds is 3. The molecule has 0 radical (unpaired) electrons. The van der Waals surface area contributed by atoms with Gasteiger partial charge in [-0.15, -0.1) is 22.7 Å². The van der Waals surface area contributed by atoms with E-state index in [0.29, 0.717) is 27.4 Å². The first kappa shape index (κ1) is 17.4. The van der Waals surface area contributed by atoms with Crippen LogP contribution in [-0.2, 0) is 11.2 Å². The van der Waals surface area contributed by atoms with E-state index in [1.807, 2.05) is 22.9 Å². The van der Waals surface area contributed by atoms with Gasteiger partial charge in [0.25, 0.3) is 11.5 Å². The van der Waals surface area contributed by atoms with Gasteiger partial charge in [0.05, 0.1) is 5.39 Å². The number of halogens is 1. The Balaban J connectivity index is 1.44.